The lowest BCUT2D eigenvalue weighted by Crippen LogP contribution is -2.20. The molecule has 1 aromatic rings. The second kappa shape index (κ2) is 6.12. The predicted octanol–water partition coefficient (Wildman–Crippen LogP) is 2.02. The topological polar surface area (TPSA) is 60.2 Å². The lowest BCUT2D eigenvalue weighted by atomic mass is 10.00. The van der Waals surface area contributed by atoms with Crippen molar-refractivity contribution < 1.29 is 9.26 Å². The van der Waals surface area contributed by atoms with Crippen LogP contribution in [-0.2, 0) is 4.74 Å². The van der Waals surface area contributed by atoms with Gasteiger partial charge >= 0.3 is 0 Å². The second-order valence-corrected chi connectivity index (χ2v) is 4.55. The first-order valence-electron chi connectivity index (χ1n) is 6.46. The lowest BCUT2D eigenvalue weighted by molar-refractivity contribution is 0.0830. The molecule has 1 saturated heterocycles. The zero-order valence-corrected chi connectivity index (χ0v) is 10.6. The molecule has 1 N–H and O–H groups in total. The van der Waals surface area contributed by atoms with Gasteiger partial charge in [0.1, 0.15) is 0 Å². The van der Waals surface area contributed by atoms with Crippen molar-refractivity contribution in [3.63, 3.8) is 0 Å². The largest absolute Gasteiger partial charge is 0.381 e. The molecule has 1 aromatic heterocycles. The third-order valence-electron chi connectivity index (χ3n) is 3.11. The van der Waals surface area contributed by atoms with Crippen LogP contribution in [0.1, 0.15) is 56.8 Å². The fraction of sp³-hybridized carbons (Fsp3) is 0.833. The number of ether oxygens (including phenoxy) is 1. The maximum Gasteiger partial charge on any atom is 0.243 e. The Morgan fingerprint density at radius 2 is 2.18 bits per heavy atom. The van der Waals surface area contributed by atoms with Gasteiger partial charge in [-0.1, -0.05) is 12.1 Å². The number of nitrogens with one attached hydrogen (secondary N) is 1. The Labute approximate surface area is 102 Å². The first-order valence-corrected chi connectivity index (χ1v) is 6.46. The number of hydrogen-bond acceptors (Lipinski definition) is 5. The van der Waals surface area contributed by atoms with Crippen LogP contribution < -0.4 is 5.32 Å². The molecule has 5 heteroatoms. The Bertz CT molecular complexity index is 334. The maximum absolute atomic E-state index is 5.33. The van der Waals surface area contributed by atoms with Crippen molar-refractivity contribution in [1.29, 1.82) is 0 Å². The highest BCUT2D eigenvalue weighted by atomic mass is 16.5. The molecule has 1 fully saturated rings. The molecule has 1 aliphatic heterocycles. The molecule has 96 valence electrons. The summed E-state index contributed by atoms with van der Waals surface area (Å²) in [5.74, 6) is 1.94. The van der Waals surface area contributed by atoms with Crippen LogP contribution in [0.5, 0.6) is 0 Å². The van der Waals surface area contributed by atoms with E-state index >= 15 is 0 Å². The van der Waals surface area contributed by atoms with Crippen molar-refractivity contribution in [2.75, 3.05) is 19.8 Å². The van der Waals surface area contributed by atoms with Gasteiger partial charge < -0.3 is 14.6 Å². The van der Waals surface area contributed by atoms with Gasteiger partial charge in [-0.15, -0.1) is 0 Å². The fourth-order valence-electron chi connectivity index (χ4n) is 1.99. The molecule has 0 saturated carbocycles. The highest BCUT2D eigenvalue weighted by Gasteiger charge is 2.22. The van der Waals surface area contributed by atoms with E-state index in [1.807, 2.05) is 0 Å². The molecule has 1 unspecified atom stereocenters. The highest BCUT2D eigenvalue weighted by Crippen LogP contribution is 2.25. The SMILES string of the molecule is CCCNC(C)c1nc(C2CCOCC2)no1. The van der Waals surface area contributed by atoms with E-state index in [0.717, 1.165) is 44.8 Å². The van der Waals surface area contributed by atoms with E-state index < -0.39 is 0 Å². The minimum Gasteiger partial charge on any atom is -0.381 e. The fourth-order valence-corrected chi connectivity index (χ4v) is 1.99. The number of hydrogen-bond donors (Lipinski definition) is 1. The predicted molar refractivity (Wildman–Crippen MR) is 63.8 cm³/mol. The Morgan fingerprint density at radius 1 is 1.41 bits per heavy atom. The van der Waals surface area contributed by atoms with Crippen molar-refractivity contribution in [2.45, 2.75) is 45.1 Å². The van der Waals surface area contributed by atoms with Gasteiger partial charge in [-0.2, -0.15) is 4.98 Å². The van der Waals surface area contributed by atoms with E-state index in [-0.39, 0.29) is 6.04 Å². The van der Waals surface area contributed by atoms with Crippen LogP contribution in [0.4, 0.5) is 0 Å². The van der Waals surface area contributed by atoms with Crippen LogP contribution in [0.25, 0.3) is 0 Å². The normalized spacial score (nSPS) is 19.4. The first kappa shape index (κ1) is 12.5. The molecule has 0 bridgehead atoms. The Morgan fingerprint density at radius 3 is 2.88 bits per heavy atom. The minimum absolute atomic E-state index is 0.135. The van der Waals surface area contributed by atoms with Crippen molar-refractivity contribution in [3.8, 4) is 0 Å². The van der Waals surface area contributed by atoms with Crippen molar-refractivity contribution in [2.24, 2.45) is 0 Å². The quantitative estimate of drug-likeness (QED) is 0.851. The van der Waals surface area contributed by atoms with Crippen LogP contribution in [-0.4, -0.2) is 29.9 Å². The Hall–Kier alpha value is -0.940. The molecule has 17 heavy (non-hydrogen) atoms. The van der Waals surface area contributed by atoms with E-state index in [0.29, 0.717) is 11.8 Å². The summed E-state index contributed by atoms with van der Waals surface area (Å²) in [5, 5.41) is 7.43. The standard InChI is InChI=1S/C12H21N3O2/c1-3-6-13-9(2)12-14-11(15-17-12)10-4-7-16-8-5-10/h9-10,13H,3-8H2,1-2H3. The van der Waals surface area contributed by atoms with Crippen LogP contribution in [0.3, 0.4) is 0 Å². The van der Waals surface area contributed by atoms with E-state index in [2.05, 4.69) is 29.3 Å². The van der Waals surface area contributed by atoms with Crippen molar-refractivity contribution in [3.05, 3.63) is 11.7 Å². The zero-order chi connectivity index (χ0) is 12.1. The monoisotopic (exact) mass is 239 g/mol. The third-order valence-corrected chi connectivity index (χ3v) is 3.11. The summed E-state index contributed by atoms with van der Waals surface area (Å²) in [6, 6.07) is 0.135. The molecule has 5 nitrogen and oxygen atoms in total. The maximum atomic E-state index is 5.33. The average molecular weight is 239 g/mol. The summed E-state index contributed by atoms with van der Waals surface area (Å²) in [6.07, 6.45) is 3.09. The summed E-state index contributed by atoms with van der Waals surface area (Å²) >= 11 is 0. The van der Waals surface area contributed by atoms with Gasteiger partial charge in [0, 0.05) is 19.1 Å². The van der Waals surface area contributed by atoms with E-state index in [1.54, 1.807) is 0 Å². The minimum atomic E-state index is 0.135. The van der Waals surface area contributed by atoms with E-state index in [4.69, 9.17) is 9.26 Å². The van der Waals surface area contributed by atoms with Gasteiger partial charge in [0.2, 0.25) is 5.89 Å². The summed E-state index contributed by atoms with van der Waals surface area (Å²) in [7, 11) is 0. The third kappa shape index (κ3) is 3.26. The van der Waals surface area contributed by atoms with Gasteiger partial charge in [-0.3, -0.25) is 0 Å². The van der Waals surface area contributed by atoms with Gasteiger partial charge in [-0.25, -0.2) is 0 Å². The highest BCUT2D eigenvalue weighted by molar-refractivity contribution is 4.98. The molecule has 1 aliphatic rings. The average Bonchev–Trinajstić information content (AvgIpc) is 2.86. The molecular formula is C12H21N3O2. The second-order valence-electron chi connectivity index (χ2n) is 4.55. The molecule has 0 aliphatic carbocycles. The van der Waals surface area contributed by atoms with E-state index in [9.17, 15) is 0 Å². The summed E-state index contributed by atoms with van der Waals surface area (Å²) in [5.41, 5.74) is 0. The Kier molecular flexibility index (Phi) is 4.50. The van der Waals surface area contributed by atoms with Crippen LogP contribution in [0.2, 0.25) is 0 Å². The van der Waals surface area contributed by atoms with Crippen LogP contribution >= 0.6 is 0 Å². The summed E-state index contributed by atoms with van der Waals surface area (Å²) in [4.78, 5) is 4.49. The lowest BCUT2D eigenvalue weighted by Gasteiger charge is -2.18. The smallest absolute Gasteiger partial charge is 0.243 e. The van der Waals surface area contributed by atoms with Crippen molar-refractivity contribution in [1.82, 2.24) is 15.5 Å². The Balaban J connectivity index is 1.94. The molecular weight excluding hydrogens is 218 g/mol. The summed E-state index contributed by atoms with van der Waals surface area (Å²) in [6.45, 7) is 6.77. The van der Waals surface area contributed by atoms with Gasteiger partial charge in [0.25, 0.3) is 0 Å². The number of nitrogens with zero attached hydrogens (tertiary/aromatic N) is 2. The number of rotatable bonds is 5. The van der Waals surface area contributed by atoms with Crippen LogP contribution in [0, 0.1) is 0 Å². The first-order chi connectivity index (χ1) is 8.31. The molecule has 0 spiro atoms. The molecule has 0 radical (unpaired) electrons. The van der Waals surface area contributed by atoms with Crippen LogP contribution in [0.15, 0.2) is 4.52 Å². The number of aromatic nitrogens is 2. The van der Waals surface area contributed by atoms with Gasteiger partial charge in [-0.05, 0) is 32.7 Å². The molecule has 0 amide bonds. The molecule has 2 heterocycles. The van der Waals surface area contributed by atoms with Gasteiger partial charge in [0.15, 0.2) is 5.82 Å². The summed E-state index contributed by atoms with van der Waals surface area (Å²) < 4.78 is 10.6. The van der Waals surface area contributed by atoms with E-state index in [1.165, 1.54) is 0 Å². The van der Waals surface area contributed by atoms with Crippen molar-refractivity contribution >= 4 is 0 Å². The van der Waals surface area contributed by atoms with Gasteiger partial charge in [0.05, 0.1) is 6.04 Å². The molecule has 2 rings (SSSR count). The molecule has 1 atom stereocenters. The molecule has 0 aromatic carbocycles. The zero-order valence-electron chi connectivity index (χ0n) is 10.6.